The lowest BCUT2D eigenvalue weighted by Gasteiger charge is -2.31. The smallest absolute Gasteiger partial charge is 0.261 e. The van der Waals surface area contributed by atoms with Crippen LogP contribution in [-0.4, -0.2) is 34.4 Å². The third-order valence-electron chi connectivity index (χ3n) is 4.43. The average molecular weight is 482 g/mol. The van der Waals surface area contributed by atoms with Crippen molar-refractivity contribution in [1.29, 1.82) is 0 Å². The van der Waals surface area contributed by atoms with Gasteiger partial charge in [-0.2, -0.15) is 0 Å². The molecule has 2 aromatic carbocycles. The molecule has 0 heterocycles. The van der Waals surface area contributed by atoms with Crippen molar-refractivity contribution in [3.63, 3.8) is 0 Å². The van der Waals surface area contributed by atoms with Gasteiger partial charge >= 0.3 is 0 Å². The number of hydrogen-bond acceptors (Lipinski definition) is 4. The predicted molar refractivity (Wildman–Crippen MR) is 116 cm³/mol. The summed E-state index contributed by atoms with van der Waals surface area (Å²) in [5.74, 6) is -0.808. The van der Waals surface area contributed by atoms with Crippen molar-refractivity contribution in [3.05, 3.63) is 58.3 Å². The number of sulfonamides is 1. The number of nitrogens with zero attached hydrogens (tertiary/aromatic N) is 1. The lowest BCUT2D eigenvalue weighted by atomic mass is 10.2. The monoisotopic (exact) mass is 481 g/mol. The molecule has 0 N–H and O–H groups in total. The first-order chi connectivity index (χ1) is 13.5. The average Bonchev–Trinajstić information content (AvgIpc) is 2.65. The minimum atomic E-state index is -4.15. The number of anilines is 1. The Balaban J connectivity index is 2.46. The van der Waals surface area contributed by atoms with Crippen molar-refractivity contribution >= 4 is 48.7 Å². The van der Waals surface area contributed by atoms with E-state index >= 15 is 0 Å². The summed E-state index contributed by atoms with van der Waals surface area (Å²) in [5.41, 5.74) is -0.196. The van der Waals surface area contributed by atoms with Gasteiger partial charge < -0.3 is 0 Å². The molecule has 0 aromatic heterocycles. The van der Waals surface area contributed by atoms with Gasteiger partial charge in [0.25, 0.3) is 10.0 Å². The highest BCUT2D eigenvalue weighted by Crippen LogP contribution is 2.32. The van der Waals surface area contributed by atoms with Crippen LogP contribution in [0.5, 0.6) is 0 Å². The van der Waals surface area contributed by atoms with Gasteiger partial charge in [-0.25, -0.2) is 21.2 Å². The Hall–Kier alpha value is -1.35. The Labute approximate surface area is 181 Å². The molecule has 1 atom stereocenters. The highest BCUT2D eigenvalue weighted by Gasteiger charge is 2.31. The molecule has 0 amide bonds. The van der Waals surface area contributed by atoms with E-state index in [1.807, 2.05) is 0 Å². The lowest BCUT2D eigenvalue weighted by molar-refractivity contribution is 0.557. The Kier molecular flexibility index (Phi) is 7.95. The van der Waals surface area contributed by atoms with Crippen LogP contribution >= 0.6 is 23.2 Å². The van der Waals surface area contributed by atoms with E-state index in [9.17, 15) is 21.2 Å². The normalized spacial score (nSPS) is 13.3. The number of sulfone groups is 1. The third-order valence-corrected chi connectivity index (χ3v) is 8.65. The zero-order valence-electron chi connectivity index (χ0n) is 16.0. The van der Waals surface area contributed by atoms with E-state index in [2.05, 4.69) is 0 Å². The molecule has 0 aliphatic carbocycles. The maximum Gasteiger partial charge on any atom is 0.264 e. The van der Waals surface area contributed by atoms with Gasteiger partial charge in [0, 0.05) is 21.8 Å². The molecule has 2 rings (SSSR count). The Bertz CT molecular complexity index is 1060. The van der Waals surface area contributed by atoms with Crippen LogP contribution in [0.25, 0.3) is 0 Å². The van der Waals surface area contributed by atoms with E-state index in [-0.39, 0.29) is 40.0 Å². The Morgan fingerprint density at radius 3 is 2.17 bits per heavy atom. The van der Waals surface area contributed by atoms with Crippen LogP contribution in [0.1, 0.15) is 26.7 Å². The standard InChI is InChI=1S/C19H22Cl2FNO4S2/c1-3-28(24,25)12-4-5-14(2)23(19-13-16(21)8-11-18(19)22)29(26,27)17-9-6-15(20)7-10-17/h6-11,13-14H,3-5,12H2,1-2H3/t14-/m1/s1. The van der Waals surface area contributed by atoms with Crippen LogP contribution in [0.2, 0.25) is 10.0 Å². The van der Waals surface area contributed by atoms with Crippen molar-refractivity contribution in [2.45, 2.75) is 37.6 Å². The zero-order chi connectivity index (χ0) is 21.8. The molecule has 0 bridgehead atoms. The molecule has 0 spiro atoms. The van der Waals surface area contributed by atoms with Crippen LogP contribution in [-0.2, 0) is 19.9 Å². The fourth-order valence-corrected chi connectivity index (χ4v) is 5.71. The number of hydrogen-bond donors (Lipinski definition) is 0. The highest BCUT2D eigenvalue weighted by molar-refractivity contribution is 7.93. The van der Waals surface area contributed by atoms with Gasteiger partial charge in [-0.05, 0) is 62.2 Å². The van der Waals surface area contributed by atoms with E-state index in [1.54, 1.807) is 13.8 Å². The second-order valence-electron chi connectivity index (χ2n) is 6.58. The molecular weight excluding hydrogens is 460 g/mol. The van der Waals surface area contributed by atoms with Crippen molar-refractivity contribution < 1.29 is 21.2 Å². The largest absolute Gasteiger partial charge is 0.264 e. The van der Waals surface area contributed by atoms with Crippen LogP contribution < -0.4 is 4.31 Å². The van der Waals surface area contributed by atoms with Gasteiger partial charge in [-0.1, -0.05) is 30.1 Å². The number of benzene rings is 2. The van der Waals surface area contributed by atoms with Crippen molar-refractivity contribution in [1.82, 2.24) is 0 Å². The maximum atomic E-state index is 14.6. The van der Waals surface area contributed by atoms with Gasteiger partial charge in [0.2, 0.25) is 0 Å². The molecule has 160 valence electrons. The highest BCUT2D eigenvalue weighted by atomic mass is 35.5. The van der Waals surface area contributed by atoms with Crippen molar-refractivity contribution in [2.75, 3.05) is 15.8 Å². The quantitative estimate of drug-likeness (QED) is 0.508. The summed E-state index contributed by atoms with van der Waals surface area (Å²) in [6.45, 7) is 3.16. The molecule has 10 heteroatoms. The Morgan fingerprint density at radius 1 is 1.00 bits per heavy atom. The van der Waals surface area contributed by atoms with Crippen LogP contribution in [0.4, 0.5) is 10.1 Å². The van der Waals surface area contributed by atoms with Gasteiger partial charge in [0.1, 0.15) is 15.7 Å². The molecule has 0 unspecified atom stereocenters. The summed E-state index contributed by atoms with van der Waals surface area (Å²) in [6, 6.07) is 8.48. The van der Waals surface area contributed by atoms with E-state index in [0.29, 0.717) is 5.02 Å². The first kappa shape index (κ1) is 23.9. The van der Waals surface area contributed by atoms with Crippen molar-refractivity contribution in [3.8, 4) is 0 Å². The summed E-state index contributed by atoms with van der Waals surface area (Å²) in [4.78, 5) is -0.0608. The van der Waals surface area contributed by atoms with Crippen LogP contribution in [0.3, 0.4) is 0 Å². The molecule has 0 aliphatic heterocycles. The van der Waals surface area contributed by atoms with Gasteiger partial charge in [0.05, 0.1) is 16.3 Å². The molecule has 0 fully saturated rings. The molecule has 5 nitrogen and oxygen atoms in total. The predicted octanol–water partition coefficient (Wildman–Crippen LogP) is 4.93. The van der Waals surface area contributed by atoms with Crippen LogP contribution in [0, 0.1) is 5.82 Å². The van der Waals surface area contributed by atoms with Gasteiger partial charge in [-0.15, -0.1) is 0 Å². The molecule has 0 aliphatic rings. The Morgan fingerprint density at radius 2 is 1.59 bits per heavy atom. The summed E-state index contributed by atoms with van der Waals surface area (Å²) in [7, 11) is -7.34. The molecule has 29 heavy (non-hydrogen) atoms. The molecule has 0 saturated heterocycles. The van der Waals surface area contributed by atoms with Gasteiger partial charge in [0.15, 0.2) is 0 Å². The van der Waals surface area contributed by atoms with Crippen LogP contribution in [0.15, 0.2) is 47.4 Å². The lowest BCUT2D eigenvalue weighted by Crippen LogP contribution is -2.39. The third kappa shape index (κ3) is 6.07. The minimum Gasteiger partial charge on any atom is -0.261 e. The summed E-state index contributed by atoms with van der Waals surface area (Å²) in [6.07, 6.45) is 0.462. The first-order valence-corrected chi connectivity index (χ1v) is 12.9. The second-order valence-corrected chi connectivity index (χ2v) is 11.7. The zero-order valence-corrected chi connectivity index (χ0v) is 19.1. The molecule has 0 saturated carbocycles. The second kappa shape index (κ2) is 9.64. The topological polar surface area (TPSA) is 71.5 Å². The molecular formula is C19H22Cl2FNO4S2. The maximum absolute atomic E-state index is 14.6. The summed E-state index contributed by atoms with van der Waals surface area (Å²) >= 11 is 11.8. The summed E-state index contributed by atoms with van der Waals surface area (Å²) < 4.78 is 65.7. The summed E-state index contributed by atoms with van der Waals surface area (Å²) in [5, 5.41) is 0.542. The van der Waals surface area contributed by atoms with E-state index in [0.717, 1.165) is 10.4 Å². The van der Waals surface area contributed by atoms with Crippen molar-refractivity contribution in [2.24, 2.45) is 0 Å². The van der Waals surface area contributed by atoms with E-state index < -0.39 is 31.7 Å². The van der Waals surface area contributed by atoms with E-state index in [1.165, 1.54) is 36.4 Å². The minimum absolute atomic E-state index is 0.0110. The number of halogens is 3. The number of rotatable bonds is 9. The fourth-order valence-electron chi connectivity index (χ4n) is 2.84. The first-order valence-electron chi connectivity index (χ1n) is 8.93. The fraction of sp³-hybridized carbons (Fsp3) is 0.368. The molecule has 2 aromatic rings. The molecule has 0 radical (unpaired) electrons. The SMILES string of the molecule is CCS(=O)(=O)CCC[C@@H](C)N(c1cc(Cl)ccc1F)S(=O)(=O)c1ccc(Cl)cc1. The van der Waals surface area contributed by atoms with E-state index in [4.69, 9.17) is 23.2 Å². The van der Waals surface area contributed by atoms with Gasteiger partial charge in [-0.3, -0.25) is 4.31 Å².